The van der Waals surface area contributed by atoms with E-state index in [9.17, 15) is 4.79 Å². The Labute approximate surface area is 151 Å². The van der Waals surface area contributed by atoms with Gasteiger partial charge in [-0.2, -0.15) is 0 Å². The molecular weight excluding hydrogens is 332 g/mol. The van der Waals surface area contributed by atoms with Crippen molar-refractivity contribution in [3.63, 3.8) is 0 Å². The van der Waals surface area contributed by atoms with E-state index < -0.39 is 0 Å². The van der Waals surface area contributed by atoms with Crippen molar-refractivity contribution < 1.29 is 9.53 Å². The molecule has 2 aromatic heterocycles. The summed E-state index contributed by atoms with van der Waals surface area (Å²) in [6.45, 7) is 1.32. The molecule has 128 valence electrons. The minimum Gasteiger partial charge on any atom is -0.373 e. The lowest BCUT2D eigenvalue weighted by atomic mass is 10.2. The van der Waals surface area contributed by atoms with E-state index in [0.29, 0.717) is 6.54 Å². The van der Waals surface area contributed by atoms with Gasteiger partial charge in [-0.15, -0.1) is 11.3 Å². The Morgan fingerprint density at radius 2 is 2.12 bits per heavy atom. The Bertz CT molecular complexity index is 899. The molecule has 0 aliphatic carbocycles. The molecule has 3 heterocycles. The van der Waals surface area contributed by atoms with Crippen LogP contribution in [0.15, 0.2) is 48.5 Å². The summed E-state index contributed by atoms with van der Waals surface area (Å²) in [5, 5.41) is 1.11. The van der Waals surface area contributed by atoms with Crippen LogP contribution in [-0.4, -0.2) is 29.4 Å². The highest BCUT2D eigenvalue weighted by Crippen LogP contribution is 2.33. The van der Waals surface area contributed by atoms with Crippen LogP contribution in [0, 0.1) is 0 Å². The minimum atomic E-state index is 0.0317. The average Bonchev–Trinajstić information content (AvgIpc) is 3.32. The predicted molar refractivity (Wildman–Crippen MR) is 99.8 cm³/mol. The van der Waals surface area contributed by atoms with Gasteiger partial charge in [0.05, 0.1) is 28.7 Å². The largest absolute Gasteiger partial charge is 0.373 e. The van der Waals surface area contributed by atoms with Crippen molar-refractivity contribution in [1.29, 1.82) is 0 Å². The number of aromatic nitrogens is 1. The molecule has 1 aliphatic rings. The lowest BCUT2D eigenvalue weighted by molar-refractivity contribution is 0.0788. The first-order valence-electron chi connectivity index (χ1n) is 8.52. The number of carbonyl (C=O) groups is 1. The van der Waals surface area contributed by atoms with Gasteiger partial charge < -0.3 is 9.64 Å². The van der Waals surface area contributed by atoms with Crippen molar-refractivity contribution >= 4 is 28.1 Å². The lowest BCUT2D eigenvalue weighted by Crippen LogP contribution is -2.25. The number of rotatable bonds is 4. The monoisotopic (exact) mass is 352 g/mol. The van der Waals surface area contributed by atoms with Gasteiger partial charge in [0.1, 0.15) is 0 Å². The molecule has 3 aromatic rings. The highest BCUT2D eigenvalue weighted by atomic mass is 32.1. The van der Waals surface area contributed by atoms with Gasteiger partial charge in [-0.25, -0.2) is 0 Å². The van der Waals surface area contributed by atoms with E-state index in [0.717, 1.165) is 45.8 Å². The van der Waals surface area contributed by atoms with E-state index in [-0.39, 0.29) is 12.0 Å². The van der Waals surface area contributed by atoms with Crippen LogP contribution in [0.1, 0.15) is 39.2 Å². The Hall–Kier alpha value is -2.24. The van der Waals surface area contributed by atoms with Crippen molar-refractivity contribution in [1.82, 2.24) is 9.88 Å². The molecule has 4 rings (SSSR count). The maximum atomic E-state index is 12.7. The Morgan fingerprint density at radius 1 is 1.24 bits per heavy atom. The first kappa shape index (κ1) is 16.2. The second kappa shape index (κ2) is 6.94. The number of benzene rings is 1. The van der Waals surface area contributed by atoms with Gasteiger partial charge in [0.15, 0.2) is 0 Å². The van der Waals surface area contributed by atoms with Crippen LogP contribution >= 0.6 is 11.3 Å². The third-order valence-electron chi connectivity index (χ3n) is 4.49. The van der Waals surface area contributed by atoms with E-state index in [1.54, 1.807) is 16.2 Å². The molecule has 0 bridgehead atoms. The molecule has 0 unspecified atom stereocenters. The molecule has 4 nitrogen and oxygen atoms in total. The summed E-state index contributed by atoms with van der Waals surface area (Å²) in [6.07, 6.45) is 2.31. The van der Waals surface area contributed by atoms with Crippen LogP contribution in [0.2, 0.25) is 0 Å². The molecule has 1 saturated heterocycles. The molecule has 0 saturated carbocycles. The van der Waals surface area contributed by atoms with Crippen LogP contribution in [0.25, 0.3) is 10.9 Å². The number of para-hydroxylation sites is 1. The normalized spacial score (nSPS) is 17.1. The summed E-state index contributed by atoms with van der Waals surface area (Å²) >= 11 is 1.54. The minimum absolute atomic E-state index is 0.0317. The van der Waals surface area contributed by atoms with Gasteiger partial charge in [-0.3, -0.25) is 9.78 Å². The fraction of sp³-hybridized carbons (Fsp3) is 0.300. The van der Waals surface area contributed by atoms with Crippen molar-refractivity contribution in [3.05, 3.63) is 64.0 Å². The predicted octanol–water partition coefficient (Wildman–Crippen LogP) is 4.42. The van der Waals surface area contributed by atoms with Gasteiger partial charge in [-0.05, 0) is 37.1 Å². The van der Waals surface area contributed by atoms with Crippen LogP contribution in [0.4, 0.5) is 0 Å². The zero-order valence-corrected chi connectivity index (χ0v) is 15.0. The van der Waals surface area contributed by atoms with Gasteiger partial charge >= 0.3 is 0 Å². The second-order valence-corrected chi connectivity index (χ2v) is 7.48. The molecule has 1 atom stereocenters. The van der Waals surface area contributed by atoms with Crippen molar-refractivity contribution in [3.8, 4) is 0 Å². The highest BCUT2D eigenvalue weighted by molar-refractivity contribution is 7.14. The Kier molecular flexibility index (Phi) is 4.51. The standard InChI is InChI=1S/C20H20N2O2S/c1-22(13-15-9-8-14-5-2-3-6-16(14)21-15)20(23)19-11-10-18(25-19)17-7-4-12-24-17/h2-3,5-6,8-11,17H,4,7,12-13H2,1H3/t17-/m0/s1. The van der Waals surface area contributed by atoms with Crippen molar-refractivity contribution in [2.24, 2.45) is 0 Å². The quantitative estimate of drug-likeness (QED) is 0.698. The number of amides is 1. The Morgan fingerprint density at radius 3 is 2.96 bits per heavy atom. The number of hydrogen-bond donors (Lipinski definition) is 0. The summed E-state index contributed by atoms with van der Waals surface area (Å²) in [7, 11) is 1.82. The first-order valence-corrected chi connectivity index (χ1v) is 9.34. The van der Waals surface area contributed by atoms with E-state index in [1.165, 1.54) is 0 Å². The molecule has 0 spiro atoms. The highest BCUT2D eigenvalue weighted by Gasteiger charge is 2.22. The second-order valence-electron chi connectivity index (χ2n) is 6.36. The number of hydrogen-bond acceptors (Lipinski definition) is 4. The number of pyridine rings is 1. The third-order valence-corrected chi connectivity index (χ3v) is 5.65. The molecular formula is C20H20N2O2S. The summed E-state index contributed by atoms with van der Waals surface area (Å²) in [6, 6.07) is 16.0. The molecule has 0 N–H and O–H groups in total. The molecule has 25 heavy (non-hydrogen) atoms. The zero-order valence-electron chi connectivity index (χ0n) is 14.1. The number of nitrogens with zero attached hydrogens (tertiary/aromatic N) is 2. The van der Waals surface area contributed by atoms with E-state index in [4.69, 9.17) is 4.74 Å². The summed E-state index contributed by atoms with van der Waals surface area (Å²) < 4.78 is 5.70. The number of carbonyl (C=O) groups excluding carboxylic acids is 1. The number of thiophene rings is 1. The van der Waals surface area contributed by atoms with Crippen LogP contribution < -0.4 is 0 Å². The lowest BCUT2D eigenvalue weighted by Gasteiger charge is -2.16. The topological polar surface area (TPSA) is 42.4 Å². The maximum absolute atomic E-state index is 12.7. The van der Waals surface area contributed by atoms with Crippen molar-refractivity contribution in [2.45, 2.75) is 25.5 Å². The molecule has 1 fully saturated rings. The van der Waals surface area contributed by atoms with Gasteiger partial charge in [0.2, 0.25) is 0 Å². The van der Waals surface area contributed by atoms with E-state index in [2.05, 4.69) is 11.1 Å². The van der Waals surface area contributed by atoms with Crippen LogP contribution in [0.3, 0.4) is 0 Å². The fourth-order valence-electron chi connectivity index (χ4n) is 3.14. The molecule has 5 heteroatoms. The van der Waals surface area contributed by atoms with Gasteiger partial charge in [-0.1, -0.05) is 24.3 Å². The third kappa shape index (κ3) is 3.43. The first-order chi connectivity index (χ1) is 12.2. The van der Waals surface area contributed by atoms with Gasteiger partial charge in [0, 0.05) is 23.9 Å². The average molecular weight is 352 g/mol. The Balaban J connectivity index is 1.47. The molecule has 0 radical (unpaired) electrons. The zero-order chi connectivity index (χ0) is 17.2. The number of fused-ring (bicyclic) bond motifs is 1. The smallest absolute Gasteiger partial charge is 0.264 e. The molecule has 1 amide bonds. The number of ether oxygens (including phenoxy) is 1. The SMILES string of the molecule is CN(Cc1ccc2ccccc2n1)C(=O)c1ccc([C@@H]2CCCO2)s1. The molecule has 1 aromatic carbocycles. The summed E-state index contributed by atoms with van der Waals surface area (Å²) in [5.74, 6) is 0.0317. The fourth-order valence-corrected chi connectivity index (χ4v) is 4.23. The van der Waals surface area contributed by atoms with Crippen LogP contribution in [-0.2, 0) is 11.3 Å². The van der Waals surface area contributed by atoms with E-state index >= 15 is 0 Å². The van der Waals surface area contributed by atoms with Gasteiger partial charge in [0.25, 0.3) is 5.91 Å². The summed E-state index contributed by atoms with van der Waals surface area (Å²) in [5.41, 5.74) is 1.85. The summed E-state index contributed by atoms with van der Waals surface area (Å²) in [4.78, 5) is 21.0. The molecule has 1 aliphatic heterocycles. The maximum Gasteiger partial charge on any atom is 0.264 e. The van der Waals surface area contributed by atoms with Crippen molar-refractivity contribution in [2.75, 3.05) is 13.7 Å². The van der Waals surface area contributed by atoms with Crippen LogP contribution in [0.5, 0.6) is 0 Å². The van der Waals surface area contributed by atoms with E-state index in [1.807, 2.05) is 49.5 Å².